The molecule has 0 bridgehead atoms. The molecule has 4 heteroatoms. The number of hydrogen-bond donors (Lipinski definition) is 0. The minimum Gasteiger partial charge on any atom is -0.310 e. The predicted molar refractivity (Wildman–Crippen MR) is 516 cm³/mol. The number of aryl methyl sites for hydroxylation is 16. The van der Waals surface area contributed by atoms with Gasteiger partial charge in [-0.2, -0.15) is 0 Å². The van der Waals surface area contributed by atoms with Crippen LogP contribution in [-0.4, -0.2) is 0 Å². The van der Waals surface area contributed by atoms with Crippen LogP contribution in [0, 0.1) is 69.2 Å². The molecule has 4 nitrogen and oxygen atoms in total. The zero-order chi connectivity index (χ0) is 82.4. The molecule has 0 unspecified atom stereocenters. The summed E-state index contributed by atoms with van der Waals surface area (Å²) in [5.41, 5.74) is 40.3. The van der Waals surface area contributed by atoms with E-state index in [0.29, 0.717) is 0 Å². The van der Waals surface area contributed by atoms with Crippen LogP contribution in [0.5, 0.6) is 0 Å². The first kappa shape index (κ1) is 81.9. The number of nitrogens with zero attached hydrogens (tertiary/aromatic N) is 4. The van der Waals surface area contributed by atoms with Crippen molar-refractivity contribution >= 4 is 111 Å². The van der Waals surface area contributed by atoms with Gasteiger partial charge in [-0.1, -0.05) is 201 Å². The molecular weight excluding hydrogens is 1430 g/mol. The molecule has 15 rings (SSSR count). The van der Waals surface area contributed by atoms with Crippen LogP contribution >= 0.6 is 0 Å². The summed E-state index contributed by atoms with van der Waals surface area (Å²) < 4.78 is 0. The maximum atomic E-state index is 2.51. The standard InChI is InChI=1S/C114H124N4/c1-17-23-29-85-37-45-95(46-38-85)115(111-77(9)63-87(31-25-19-3)64-78(111)10)99-53-57-101(58-54-99)117(113-81(13)67-89(33-27-21-5)68-82(113)14)97-49-41-91(42-50-97)93-71-105-75(7)35-62-104-108-74-94(72-106-76(8)36-61-103(110(106)108)107(73-93)109(104)105)92-43-51-98(52-44-92)118(114-83(15)69-90(34-28-22-6)70-84(114)16)102-59-55-100(56-60-102)116(96-47-39-86(40-48-96)30-24-18-2)112-79(11)65-88(32-26-20-4)66-80(112)12/h35-74H,17-34H2,1-16H3. The highest BCUT2D eigenvalue weighted by molar-refractivity contribution is 6.34. The summed E-state index contributed by atoms with van der Waals surface area (Å²) in [5, 5.41) is 10.4. The maximum absolute atomic E-state index is 2.51. The third-order valence-electron chi connectivity index (χ3n) is 25.3. The van der Waals surface area contributed by atoms with E-state index in [9.17, 15) is 0 Å². The molecule has 0 radical (unpaired) electrons. The van der Waals surface area contributed by atoms with Crippen molar-refractivity contribution in [3.63, 3.8) is 0 Å². The molecule has 0 aliphatic rings. The van der Waals surface area contributed by atoms with Crippen molar-refractivity contribution in [3.05, 3.63) is 332 Å². The van der Waals surface area contributed by atoms with E-state index in [2.05, 4.69) is 373 Å². The summed E-state index contributed by atoms with van der Waals surface area (Å²) in [6, 6.07) is 95.4. The topological polar surface area (TPSA) is 13.0 Å². The van der Waals surface area contributed by atoms with Gasteiger partial charge in [0.05, 0.1) is 22.7 Å². The molecule has 0 amide bonds. The Morgan fingerprint density at radius 2 is 0.364 bits per heavy atom. The Kier molecular flexibility index (Phi) is 25.2. The molecule has 600 valence electrons. The van der Waals surface area contributed by atoms with Gasteiger partial charge in [-0.3, -0.25) is 0 Å². The Morgan fingerprint density at radius 1 is 0.169 bits per heavy atom. The van der Waals surface area contributed by atoms with Gasteiger partial charge in [0.15, 0.2) is 0 Å². The van der Waals surface area contributed by atoms with Crippen LogP contribution < -0.4 is 19.6 Å². The van der Waals surface area contributed by atoms with Crippen molar-refractivity contribution in [1.82, 2.24) is 0 Å². The molecule has 15 aromatic carbocycles. The number of benzene rings is 15. The first-order chi connectivity index (χ1) is 57.4. The maximum Gasteiger partial charge on any atom is 0.0520 e. The van der Waals surface area contributed by atoms with Crippen molar-refractivity contribution < 1.29 is 0 Å². The van der Waals surface area contributed by atoms with Gasteiger partial charge in [-0.15, -0.1) is 0 Å². The summed E-state index contributed by atoms with van der Waals surface area (Å²) in [4.78, 5) is 10.0. The molecule has 0 aromatic heterocycles. The monoisotopic (exact) mass is 1550 g/mol. The Hall–Kier alpha value is -11.2. The number of rotatable bonds is 32. The molecule has 0 fully saturated rings. The predicted octanol–water partition coefficient (Wildman–Crippen LogP) is 34.1. The van der Waals surface area contributed by atoms with Gasteiger partial charge in [-0.05, 0) is 422 Å². The minimum atomic E-state index is 1.08. The largest absolute Gasteiger partial charge is 0.310 e. The van der Waals surface area contributed by atoms with E-state index in [1.54, 1.807) is 0 Å². The van der Waals surface area contributed by atoms with Gasteiger partial charge in [0.25, 0.3) is 0 Å². The average Bonchev–Trinajstić information content (AvgIpc) is 0.706. The van der Waals surface area contributed by atoms with E-state index < -0.39 is 0 Å². The SMILES string of the molecule is CCCCc1ccc(N(c2ccc(N(c3ccc(-c4cc5c(C)ccc6c7cc(-c8ccc(N(c9ccc(N(c%10ccc(CCCC)cc%10)c%10c(C)cc(CCCC)cc%10C)cc9)c9c(C)cc(CCCC)cc9C)cc8)cc8c(C)ccc(c(c4)c56)c87)cc3)c3c(C)cc(CCCC)cc3C)cc2)c2c(C)cc(CCCC)cc2C)cc1. The minimum absolute atomic E-state index is 1.08. The van der Waals surface area contributed by atoms with E-state index in [1.165, 1.54) is 266 Å². The summed E-state index contributed by atoms with van der Waals surface area (Å²) in [6.07, 6.45) is 20.8. The smallest absolute Gasteiger partial charge is 0.0520 e. The third kappa shape index (κ3) is 16.9. The third-order valence-corrected chi connectivity index (χ3v) is 25.3. The first-order valence-electron chi connectivity index (χ1n) is 44.7. The fraction of sp³-hybridized carbons (Fsp3) is 0.298. The summed E-state index contributed by atoms with van der Waals surface area (Å²) in [6.45, 7) is 36.8. The highest BCUT2D eigenvalue weighted by Gasteiger charge is 2.27. The van der Waals surface area contributed by atoms with Crippen LogP contribution in [0.2, 0.25) is 0 Å². The Bertz CT molecular complexity index is 5570. The molecule has 15 aromatic rings. The number of fused-ring (bicyclic) bond motifs is 2. The molecule has 0 aliphatic heterocycles. The van der Waals surface area contributed by atoms with Crippen molar-refractivity contribution in [3.8, 4) is 22.3 Å². The number of anilines is 12. The Labute approximate surface area is 706 Å². The van der Waals surface area contributed by atoms with Crippen molar-refractivity contribution in [2.45, 2.75) is 226 Å². The second-order valence-corrected chi connectivity index (χ2v) is 34.5. The quantitative estimate of drug-likeness (QED) is 0.0308. The molecule has 0 N–H and O–H groups in total. The van der Waals surface area contributed by atoms with Crippen LogP contribution in [-0.2, 0) is 38.5 Å². The average molecular weight is 1550 g/mol. The highest BCUT2D eigenvalue weighted by Crippen LogP contribution is 2.50. The van der Waals surface area contributed by atoms with Crippen LogP contribution in [0.1, 0.15) is 208 Å². The van der Waals surface area contributed by atoms with Gasteiger partial charge in [0.2, 0.25) is 0 Å². The molecule has 0 atom stereocenters. The van der Waals surface area contributed by atoms with E-state index in [4.69, 9.17) is 0 Å². The van der Waals surface area contributed by atoms with Crippen molar-refractivity contribution in [1.29, 1.82) is 0 Å². The Morgan fingerprint density at radius 3 is 0.585 bits per heavy atom. The number of unbranched alkanes of at least 4 members (excludes halogenated alkanes) is 6. The summed E-state index contributed by atoms with van der Waals surface area (Å²) >= 11 is 0. The zero-order valence-electron chi connectivity index (χ0n) is 73.6. The lowest BCUT2D eigenvalue weighted by Gasteiger charge is -2.32. The fourth-order valence-corrected chi connectivity index (χ4v) is 19.3. The fourth-order valence-electron chi connectivity index (χ4n) is 19.3. The Balaban J connectivity index is 0.791. The van der Waals surface area contributed by atoms with Gasteiger partial charge in [-0.25, -0.2) is 0 Å². The lowest BCUT2D eigenvalue weighted by molar-refractivity contribution is 0.794. The molecule has 0 heterocycles. The number of hydrogen-bond acceptors (Lipinski definition) is 4. The first-order valence-corrected chi connectivity index (χ1v) is 44.7. The van der Waals surface area contributed by atoms with Gasteiger partial charge < -0.3 is 19.6 Å². The molecule has 0 saturated carbocycles. The van der Waals surface area contributed by atoms with Gasteiger partial charge in [0.1, 0.15) is 0 Å². The molecule has 118 heavy (non-hydrogen) atoms. The lowest BCUT2D eigenvalue weighted by atomic mass is 9.84. The second kappa shape index (κ2) is 36.3. The van der Waals surface area contributed by atoms with Crippen LogP contribution in [0.3, 0.4) is 0 Å². The van der Waals surface area contributed by atoms with Gasteiger partial charge >= 0.3 is 0 Å². The molecule has 0 aliphatic carbocycles. The van der Waals surface area contributed by atoms with Crippen molar-refractivity contribution in [2.24, 2.45) is 0 Å². The molecule has 0 saturated heterocycles. The lowest BCUT2D eigenvalue weighted by Crippen LogP contribution is -2.15. The van der Waals surface area contributed by atoms with Crippen molar-refractivity contribution in [2.75, 3.05) is 19.6 Å². The molecular formula is C114H124N4. The van der Waals surface area contributed by atoms with E-state index in [1.807, 2.05) is 0 Å². The van der Waals surface area contributed by atoms with Crippen LogP contribution in [0.25, 0.3) is 65.3 Å². The van der Waals surface area contributed by atoms with Crippen LogP contribution in [0.15, 0.2) is 243 Å². The van der Waals surface area contributed by atoms with Gasteiger partial charge in [0, 0.05) is 45.5 Å². The zero-order valence-corrected chi connectivity index (χ0v) is 73.6. The normalized spacial score (nSPS) is 11.7. The van der Waals surface area contributed by atoms with Crippen LogP contribution in [0.4, 0.5) is 68.2 Å². The summed E-state index contributed by atoms with van der Waals surface area (Å²) in [5.74, 6) is 0. The van der Waals surface area contributed by atoms with E-state index in [-0.39, 0.29) is 0 Å². The summed E-state index contributed by atoms with van der Waals surface area (Å²) in [7, 11) is 0. The van der Waals surface area contributed by atoms with E-state index >= 15 is 0 Å². The molecule has 0 spiro atoms. The second-order valence-electron chi connectivity index (χ2n) is 34.5. The van der Waals surface area contributed by atoms with E-state index in [0.717, 1.165) is 72.6 Å². The highest BCUT2D eigenvalue weighted by atomic mass is 15.2.